The summed E-state index contributed by atoms with van der Waals surface area (Å²) in [6.45, 7) is 0.772. The van der Waals surface area contributed by atoms with Gasteiger partial charge in [-0.05, 0) is 45.4 Å². The molecule has 0 radical (unpaired) electrons. The van der Waals surface area contributed by atoms with Gasteiger partial charge in [0.05, 0.1) is 0 Å². The number of hydrogen-bond donors (Lipinski definition) is 2. The Labute approximate surface area is 280 Å². The van der Waals surface area contributed by atoms with Crippen LogP contribution in [0.5, 0.6) is 0 Å². The Kier molecular flexibility index (Phi) is 10.1. The summed E-state index contributed by atoms with van der Waals surface area (Å²) in [6, 6.07) is 45.0. The summed E-state index contributed by atoms with van der Waals surface area (Å²) in [7, 11) is 0. The van der Waals surface area contributed by atoms with E-state index in [1.54, 1.807) is 0 Å². The van der Waals surface area contributed by atoms with Gasteiger partial charge in [0.15, 0.2) is 0 Å². The first-order chi connectivity index (χ1) is 23.4. The molecule has 0 saturated heterocycles. The van der Waals surface area contributed by atoms with Crippen molar-refractivity contribution in [3.63, 3.8) is 0 Å². The molecule has 0 spiro atoms. The van der Waals surface area contributed by atoms with Gasteiger partial charge in [-0.3, -0.25) is 19.8 Å². The molecule has 0 saturated carbocycles. The van der Waals surface area contributed by atoms with E-state index in [1.807, 2.05) is 132 Å². The zero-order valence-electron chi connectivity index (χ0n) is 26.6. The molecule has 7 heteroatoms. The number of nitrogens with one attached hydrogen (secondary N) is 1. The summed E-state index contributed by atoms with van der Waals surface area (Å²) >= 11 is 0. The van der Waals surface area contributed by atoms with Crippen LogP contribution in [-0.4, -0.2) is 40.1 Å². The van der Waals surface area contributed by atoms with Gasteiger partial charge in [-0.2, -0.15) is 0 Å². The van der Waals surface area contributed by atoms with E-state index in [2.05, 4.69) is 17.4 Å². The van der Waals surface area contributed by atoms with Gasteiger partial charge in [0.25, 0.3) is 0 Å². The third kappa shape index (κ3) is 7.37. The molecule has 1 atom stereocenters. The van der Waals surface area contributed by atoms with Gasteiger partial charge < -0.3 is 9.84 Å². The molecule has 5 aromatic rings. The molecule has 0 bridgehead atoms. The fraction of sp³-hybridized carbons (Fsp3) is 0.195. The molecule has 5 aromatic carbocycles. The highest BCUT2D eigenvalue weighted by Gasteiger charge is 2.44. The lowest BCUT2D eigenvalue weighted by Crippen LogP contribution is -2.56. The fourth-order valence-electron chi connectivity index (χ4n) is 6.71. The predicted molar refractivity (Wildman–Crippen MR) is 185 cm³/mol. The van der Waals surface area contributed by atoms with Crippen molar-refractivity contribution in [1.29, 1.82) is 0 Å². The van der Waals surface area contributed by atoms with Crippen molar-refractivity contribution in [2.45, 2.75) is 43.8 Å². The number of imide groups is 1. The zero-order chi connectivity index (χ0) is 33.3. The molecule has 1 aliphatic carbocycles. The first kappa shape index (κ1) is 32.4. The Balaban J connectivity index is 1.20. The summed E-state index contributed by atoms with van der Waals surface area (Å²) < 4.78 is 5.59. The Morgan fingerprint density at radius 1 is 0.646 bits per heavy atom. The molecule has 48 heavy (non-hydrogen) atoms. The highest BCUT2D eigenvalue weighted by atomic mass is 16.5. The van der Waals surface area contributed by atoms with E-state index in [-0.39, 0.29) is 31.8 Å². The number of amides is 2. The lowest BCUT2D eigenvalue weighted by molar-refractivity contribution is -0.154. The number of hydrogen-bond acceptors (Lipinski definition) is 5. The van der Waals surface area contributed by atoms with Crippen LogP contribution in [-0.2, 0) is 33.8 Å². The van der Waals surface area contributed by atoms with Crippen LogP contribution in [0.2, 0.25) is 0 Å². The van der Waals surface area contributed by atoms with Crippen molar-refractivity contribution in [3.05, 3.63) is 167 Å². The Hall–Kier alpha value is -5.53. The quantitative estimate of drug-likeness (QED) is 0.138. The van der Waals surface area contributed by atoms with Crippen LogP contribution in [0.25, 0.3) is 11.1 Å². The molecule has 0 unspecified atom stereocenters. The number of carboxylic acids is 1. The number of carbonyl (C=O) groups excluding carboxylic acids is 2. The summed E-state index contributed by atoms with van der Waals surface area (Å²) in [6.07, 6.45) is -0.902. The van der Waals surface area contributed by atoms with Crippen molar-refractivity contribution in [2.24, 2.45) is 0 Å². The molecule has 0 aromatic heterocycles. The maximum Gasteiger partial charge on any atom is 0.413 e. The zero-order valence-corrected chi connectivity index (χ0v) is 26.6. The number of rotatable bonds is 13. The summed E-state index contributed by atoms with van der Waals surface area (Å²) in [4.78, 5) is 41.6. The van der Waals surface area contributed by atoms with Crippen molar-refractivity contribution >= 4 is 18.0 Å². The van der Waals surface area contributed by atoms with Crippen LogP contribution < -0.4 is 5.32 Å². The molecule has 2 N–H and O–H groups in total. The second kappa shape index (κ2) is 14.9. The van der Waals surface area contributed by atoms with Gasteiger partial charge in [-0.1, -0.05) is 140 Å². The molecule has 0 fully saturated rings. The first-order valence-electron chi connectivity index (χ1n) is 16.2. The molecule has 2 amide bonds. The van der Waals surface area contributed by atoms with Crippen molar-refractivity contribution < 1.29 is 24.2 Å². The van der Waals surface area contributed by atoms with E-state index in [4.69, 9.17) is 4.74 Å². The molecule has 0 aliphatic heterocycles. The van der Waals surface area contributed by atoms with Crippen LogP contribution >= 0.6 is 0 Å². The van der Waals surface area contributed by atoms with Gasteiger partial charge in [-0.25, -0.2) is 4.79 Å². The summed E-state index contributed by atoms with van der Waals surface area (Å²) in [5.74, 6) is -1.77. The average molecular weight is 639 g/mol. The van der Waals surface area contributed by atoms with Gasteiger partial charge in [-0.15, -0.1) is 0 Å². The normalized spacial score (nSPS) is 13.3. The smallest absolute Gasteiger partial charge is 0.413 e. The van der Waals surface area contributed by atoms with E-state index in [9.17, 15) is 19.5 Å². The number of fused-ring (bicyclic) bond motifs is 3. The van der Waals surface area contributed by atoms with Gasteiger partial charge >= 0.3 is 12.1 Å². The third-order valence-corrected chi connectivity index (χ3v) is 9.13. The number of alkyl carbamates (subject to hydrolysis) is 1. The van der Waals surface area contributed by atoms with Crippen molar-refractivity contribution in [3.8, 4) is 11.1 Å². The maximum absolute atomic E-state index is 13.5. The molecular weight excluding hydrogens is 600 g/mol. The number of benzene rings is 5. The second-order valence-electron chi connectivity index (χ2n) is 12.2. The minimum absolute atomic E-state index is 0.0284. The predicted octanol–water partition coefficient (Wildman–Crippen LogP) is 7.60. The molecule has 242 valence electrons. The maximum atomic E-state index is 13.5. The topological polar surface area (TPSA) is 95.9 Å². The SMILES string of the molecule is O=C(CC[C@@](Cc1ccccc1)(C(=O)O)N(Cc1ccccc1)Cc1ccccc1)NC(=O)OCC1c2ccccc2-c2ccccc21. The second-order valence-corrected chi connectivity index (χ2v) is 12.2. The lowest BCUT2D eigenvalue weighted by atomic mass is 9.83. The summed E-state index contributed by atoms with van der Waals surface area (Å²) in [5.41, 5.74) is 5.64. The molecule has 1 aliphatic rings. The van der Waals surface area contributed by atoms with Crippen LogP contribution in [0.1, 0.15) is 46.6 Å². The Bertz CT molecular complexity index is 1780. The number of aliphatic carboxylic acids is 1. The van der Waals surface area contributed by atoms with Crippen LogP contribution in [0.4, 0.5) is 4.79 Å². The largest absolute Gasteiger partial charge is 0.480 e. The van der Waals surface area contributed by atoms with Crippen LogP contribution in [0, 0.1) is 0 Å². The van der Waals surface area contributed by atoms with Crippen LogP contribution in [0.15, 0.2) is 140 Å². The monoisotopic (exact) mass is 638 g/mol. The fourth-order valence-corrected chi connectivity index (χ4v) is 6.71. The van der Waals surface area contributed by atoms with E-state index in [0.29, 0.717) is 13.1 Å². The summed E-state index contributed by atoms with van der Waals surface area (Å²) in [5, 5.41) is 13.4. The van der Waals surface area contributed by atoms with Crippen LogP contribution in [0.3, 0.4) is 0 Å². The highest BCUT2D eigenvalue weighted by Crippen LogP contribution is 2.44. The van der Waals surface area contributed by atoms with E-state index in [0.717, 1.165) is 38.9 Å². The van der Waals surface area contributed by atoms with Gasteiger partial charge in [0.2, 0.25) is 5.91 Å². The third-order valence-electron chi connectivity index (χ3n) is 9.13. The molecular formula is C41H38N2O5. The molecule has 6 rings (SSSR count). The number of ether oxygens (including phenoxy) is 1. The van der Waals surface area contributed by atoms with Gasteiger partial charge in [0.1, 0.15) is 12.1 Å². The standard InChI is InChI=1S/C41H38N2O5/c44-38(42-40(47)48-29-37-35-22-12-10-20-33(35)34-21-11-13-23-36(34)37)24-25-41(39(45)46,26-30-14-4-1-5-15-30)43(27-31-16-6-2-7-17-31)28-32-18-8-3-9-19-32/h1-23,37H,24-29H2,(H,45,46)(H,42,44,47)/t41-/m1/s1. The average Bonchev–Trinajstić information content (AvgIpc) is 3.43. The minimum Gasteiger partial charge on any atom is -0.480 e. The Morgan fingerprint density at radius 2 is 1.10 bits per heavy atom. The van der Waals surface area contributed by atoms with Crippen molar-refractivity contribution in [1.82, 2.24) is 10.2 Å². The number of carboxylic acid groups (broad SMARTS) is 1. The van der Waals surface area contributed by atoms with Crippen molar-refractivity contribution in [2.75, 3.05) is 6.61 Å². The first-order valence-corrected chi connectivity index (χ1v) is 16.2. The van der Waals surface area contributed by atoms with Gasteiger partial charge in [0, 0.05) is 31.8 Å². The van der Waals surface area contributed by atoms with E-state index < -0.39 is 23.5 Å². The molecule has 0 heterocycles. The lowest BCUT2D eigenvalue weighted by Gasteiger charge is -2.41. The number of carbonyl (C=O) groups is 3. The molecule has 7 nitrogen and oxygen atoms in total. The Morgan fingerprint density at radius 3 is 1.60 bits per heavy atom. The van der Waals surface area contributed by atoms with E-state index >= 15 is 0 Å². The minimum atomic E-state index is -1.47. The highest BCUT2D eigenvalue weighted by molar-refractivity contribution is 5.92. The van der Waals surface area contributed by atoms with E-state index in [1.165, 1.54) is 0 Å². The number of nitrogens with zero attached hydrogens (tertiary/aromatic N) is 1.